The van der Waals surface area contributed by atoms with Gasteiger partial charge in [0.15, 0.2) is 9.84 Å². The molecule has 2 amide bonds. The summed E-state index contributed by atoms with van der Waals surface area (Å²) in [5.74, 6) is 0.493. The Hall–Kier alpha value is -1.56. The minimum absolute atomic E-state index is 0.0524. The molecule has 1 heterocycles. The number of amides is 2. The van der Waals surface area contributed by atoms with E-state index in [0.717, 1.165) is 12.8 Å². The van der Waals surface area contributed by atoms with E-state index in [1.165, 1.54) is 11.1 Å². The molecule has 0 saturated carbocycles. The lowest BCUT2D eigenvalue weighted by Crippen LogP contribution is -2.39. The summed E-state index contributed by atoms with van der Waals surface area (Å²) >= 11 is 0. The smallest absolute Gasteiger partial charge is 0.315 e. The quantitative estimate of drug-likeness (QED) is 0.886. The highest BCUT2D eigenvalue weighted by Gasteiger charge is 2.28. The molecule has 1 saturated heterocycles. The van der Waals surface area contributed by atoms with E-state index < -0.39 is 9.84 Å². The number of carbonyl (C=O) groups is 1. The van der Waals surface area contributed by atoms with Crippen molar-refractivity contribution in [2.75, 3.05) is 18.1 Å². The van der Waals surface area contributed by atoms with Crippen LogP contribution in [0.2, 0.25) is 0 Å². The minimum atomic E-state index is -2.88. The van der Waals surface area contributed by atoms with Gasteiger partial charge < -0.3 is 10.6 Å². The second-order valence-electron chi connectivity index (χ2n) is 5.91. The van der Waals surface area contributed by atoms with Gasteiger partial charge in [0.05, 0.1) is 17.5 Å². The molecule has 0 aromatic heterocycles. The first-order chi connectivity index (χ1) is 10.0. The Morgan fingerprint density at radius 2 is 2.05 bits per heavy atom. The van der Waals surface area contributed by atoms with E-state index in [4.69, 9.17) is 0 Å². The normalized spacial score (nSPS) is 26.3. The first-order valence-electron chi connectivity index (χ1n) is 7.36. The number of hydrogen-bond acceptors (Lipinski definition) is 3. The molecule has 0 unspecified atom stereocenters. The van der Waals surface area contributed by atoms with Crippen molar-refractivity contribution in [3.63, 3.8) is 0 Å². The maximum absolute atomic E-state index is 12.0. The van der Waals surface area contributed by atoms with Gasteiger partial charge in [0.25, 0.3) is 0 Å². The predicted octanol–water partition coefficient (Wildman–Crippen LogP) is 1.41. The fourth-order valence-electron chi connectivity index (χ4n) is 3.19. The maximum Gasteiger partial charge on any atom is 0.315 e. The summed E-state index contributed by atoms with van der Waals surface area (Å²) < 4.78 is 22.7. The molecule has 1 aromatic rings. The van der Waals surface area contributed by atoms with E-state index in [-0.39, 0.29) is 29.5 Å². The van der Waals surface area contributed by atoms with Gasteiger partial charge in [-0.1, -0.05) is 24.3 Å². The standard InChI is InChI=1S/C15H20N2O3S/c18-15(16-9-11-7-8-21(19,20)10-11)17-14-6-5-12-3-1-2-4-13(12)14/h1-4,11,14H,5-10H2,(H2,16,17,18)/t11-,14+/m0/s1. The number of sulfone groups is 1. The van der Waals surface area contributed by atoms with Crippen molar-refractivity contribution in [1.82, 2.24) is 10.6 Å². The lowest BCUT2D eigenvalue weighted by Gasteiger charge is -2.16. The highest BCUT2D eigenvalue weighted by molar-refractivity contribution is 7.91. The maximum atomic E-state index is 12.0. The molecule has 3 rings (SSSR count). The van der Waals surface area contributed by atoms with Gasteiger partial charge in [-0.3, -0.25) is 0 Å². The van der Waals surface area contributed by atoms with E-state index in [0.29, 0.717) is 13.0 Å². The second kappa shape index (κ2) is 5.67. The largest absolute Gasteiger partial charge is 0.338 e. The van der Waals surface area contributed by atoms with Crippen LogP contribution in [-0.2, 0) is 16.3 Å². The third-order valence-corrected chi connectivity index (χ3v) is 6.15. The zero-order valence-electron chi connectivity index (χ0n) is 11.8. The molecule has 2 aliphatic rings. The topological polar surface area (TPSA) is 75.3 Å². The van der Waals surface area contributed by atoms with Gasteiger partial charge in [0.2, 0.25) is 0 Å². The Kier molecular flexibility index (Phi) is 3.89. The molecule has 2 N–H and O–H groups in total. The molecule has 114 valence electrons. The molecule has 1 aliphatic heterocycles. The number of nitrogens with one attached hydrogen (secondary N) is 2. The summed E-state index contributed by atoms with van der Waals surface area (Å²) in [6.45, 7) is 0.430. The van der Waals surface area contributed by atoms with Crippen molar-refractivity contribution >= 4 is 15.9 Å². The number of fused-ring (bicyclic) bond motifs is 1. The van der Waals surface area contributed by atoms with Crippen molar-refractivity contribution < 1.29 is 13.2 Å². The van der Waals surface area contributed by atoms with Crippen LogP contribution >= 0.6 is 0 Å². The lowest BCUT2D eigenvalue weighted by atomic mass is 10.1. The number of hydrogen-bond donors (Lipinski definition) is 2. The molecule has 5 nitrogen and oxygen atoms in total. The van der Waals surface area contributed by atoms with Crippen LogP contribution < -0.4 is 10.6 Å². The monoisotopic (exact) mass is 308 g/mol. The Morgan fingerprint density at radius 3 is 2.81 bits per heavy atom. The van der Waals surface area contributed by atoms with Gasteiger partial charge in [-0.2, -0.15) is 0 Å². The van der Waals surface area contributed by atoms with Crippen LogP contribution in [0.1, 0.15) is 30.0 Å². The van der Waals surface area contributed by atoms with Crippen LogP contribution in [0.3, 0.4) is 0 Å². The van der Waals surface area contributed by atoms with Gasteiger partial charge in [-0.25, -0.2) is 13.2 Å². The summed E-state index contributed by atoms with van der Waals surface area (Å²) in [4.78, 5) is 12.0. The van der Waals surface area contributed by atoms with E-state index in [2.05, 4.69) is 22.8 Å². The fraction of sp³-hybridized carbons (Fsp3) is 0.533. The van der Waals surface area contributed by atoms with E-state index in [1.807, 2.05) is 12.1 Å². The van der Waals surface area contributed by atoms with E-state index in [9.17, 15) is 13.2 Å². The van der Waals surface area contributed by atoms with Crippen LogP contribution in [0, 0.1) is 5.92 Å². The molecule has 6 heteroatoms. The van der Waals surface area contributed by atoms with Crippen molar-refractivity contribution in [3.05, 3.63) is 35.4 Å². The van der Waals surface area contributed by atoms with Crippen molar-refractivity contribution in [1.29, 1.82) is 0 Å². The summed E-state index contributed by atoms with van der Waals surface area (Å²) in [6.07, 6.45) is 2.56. The van der Waals surface area contributed by atoms with Gasteiger partial charge >= 0.3 is 6.03 Å². The highest BCUT2D eigenvalue weighted by atomic mass is 32.2. The molecule has 0 spiro atoms. The first-order valence-corrected chi connectivity index (χ1v) is 9.18. The van der Waals surface area contributed by atoms with Crippen molar-refractivity contribution in [2.24, 2.45) is 5.92 Å². The Bertz CT molecular complexity index is 642. The first kappa shape index (κ1) is 14.4. The SMILES string of the molecule is O=C(NC[C@@H]1CCS(=O)(=O)C1)N[C@@H]1CCc2ccccc21. The Balaban J connectivity index is 1.50. The van der Waals surface area contributed by atoms with Gasteiger partial charge in [-0.05, 0) is 36.3 Å². The van der Waals surface area contributed by atoms with Crippen LogP contribution in [0.15, 0.2) is 24.3 Å². The number of carbonyl (C=O) groups excluding carboxylic acids is 1. The molecule has 1 fully saturated rings. The fourth-order valence-corrected chi connectivity index (χ4v) is 5.05. The summed E-state index contributed by atoms with van der Waals surface area (Å²) in [5.41, 5.74) is 2.49. The van der Waals surface area contributed by atoms with Crippen LogP contribution in [0.4, 0.5) is 4.79 Å². The van der Waals surface area contributed by atoms with Crippen molar-refractivity contribution in [2.45, 2.75) is 25.3 Å². The number of benzene rings is 1. The molecular weight excluding hydrogens is 288 g/mol. The Labute approximate surface area is 125 Å². The summed E-state index contributed by atoms with van der Waals surface area (Å²) in [7, 11) is -2.88. The van der Waals surface area contributed by atoms with Crippen molar-refractivity contribution in [3.8, 4) is 0 Å². The molecule has 21 heavy (non-hydrogen) atoms. The molecule has 2 atom stereocenters. The van der Waals surface area contributed by atoms with E-state index >= 15 is 0 Å². The van der Waals surface area contributed by atoms with Crippen LogP contribution in [-0.4, -0.2) is 32.5 Å². The zero-order chi connectivity index (χ0) is 14.9. The second-order valence-corrected chi connectivity index (χ2v) is 8.14. The molecule has 0 radical (unpaired) electrons. The Morgan fingerprint density at radius 1 is 1.24 bits per heavy atom. The number of aryl methyl sites for hydroxylation is 1. The van der Waals surface area contributed by atoms with E-state index in [1.54, 1.807) is 0 Å². The third kappa shape index (κ3) is 3.37. The molecule has 0 bridgehead atoms. The summed E-state index contributed by atoms with van der Waals surface area (Å²) in [6, 6.07) is 8.01. The predicted molar refractivity (Wildman–Crippen MR) is 80.8 cm³/mol. The zero-order valence-corrected chi connectivity index (χ0v) is 12.7. The number of rotatable bonds is 3. The minimum Gasteiger partial charge on any atom is -0.338 e. The molecule has 1 aliphatic carbocycles. The summed E-state index contributed by atoms with van der Waals surface area (Å²) in [5, 5.41) is 5.79. The van der Waals surface area contributed by atoms with Gasteiger partial charge in [0, 0.05) is 6.54 Å². The highest BCUT2D eigenvalue weighted by Crippen LogP contribution is 2.30. The number of urea groups is 1. The van der Waals surface area contributed by atoms with Gasteiger partial charge in [-0.15, -0.1) is 0 Å². The van der Waals surface area contributed by atoms with Crippen LogP contribution in [0.25, 0.3) is 0 Å². The van der Waals surface area contributed by atoms with Crippen LogP contribution in [0.5, 0.6) is 0 Å². The average molecular weight is 308 g/mol. The molecule has 1 aromatic carbocycles. The average Bonchev–Trinajstić information content (AvgIpc) is 3.01. The molecular formula is C15H20N2O3S. The lowest BCUT2D eigenvalue weighted by molar-refractivity contribution is 0.235. The third-order valence-electron chi connectivity index (χ3n) is 4.32. The van der Waals surface area contributed by atoms with Gasteiger partial charge in [0.1, 0.15) is 0 Å².